The van der Waals surface area contributed by atoms with Gasteiger partial charge in [0.15, 0.2) is 18.2 Å². The number of hydrogen-bond donors (Lipinski definition) is 2. The third-order valence-electron chi connectivity index (χ3n) is 4.07. The minimum Gasteiger partial charge on any atom is -0.481 e. The molecule has 30 heavy (non-hydrogen) atoms. The first-order valence-corrected chi connectivity index (χ1v) is 10.7. The van der Waals surface area contributed by atoms with Crippen LogP contribution in [-0.2, 0) is 14.8 Å². The first-order chi connectivity index (χ1) is 14.2. The number of nitrogens with one attached hydrogen (secondary N) is 2. The lowest BCUT2D eigenvalue weighted by molar-refractivity contribution is -0.118. The molecule has 0 saturated heterocycles. The molecule has 1 amide bonds. The van der Waals surface area contributed by atoms with Crippen molar-refractivity contribution < 1.29 is 22.3 Å². The van der Waals surface area contributed by atoms with Crippen LogP contribution in [0.25, 0.3) is 0 Å². The molecule has 0 atom stereocenters. The topological polar surface area (TPSA) is 84.5 Å². The van der Waals surface area contributed by atoms with Gasteiger partial charge in [0.1, 0.15) is 0 Å². The normalized spacial score (nSPS) is 11.0. The summed E-state index contributed by atoms with van der Waals surface area (Å²) in [5, 5.41) is 3.00. The number of carbonyl (C=O) groups is 1. The van der Waals surface area contributed by atoms with Crippen LogP contribution in [0.5, 0.6) is 5.75 Å². The molecule has 0 fully saturated rings. The number of amides is 1. The van der Waals surface area contributed by atoms with Crippen molar-refractivity contribution in [1.29, 1.82) is 0 Å². The van der Waals surface area contributed by atoms with Gasteiger partial charge in [-0.2, -0.15) is 0 Å². The lowest BCUT2D eigenvalue weighted by Crippen LogP contribution is -2.20. The summed E-state index contributed by atoms with van der Waals surface area (Å²) in [6.07, 6.45) is 0. The molecule has 0 aromatic heterocycles. The van der Waals surface area contributed by atoms with Crippen molar-refractivity contribution in [3.8, 4) is 5.75 Å². The number of benzene rings is 3. The Labute approximate surface area is 178 Å². The van der Waals surface area contributed by atoms with Gasteiger partial charge < -0.3 is 10.1 Å². The lowest BCUT2D eigenvalue weighted by atomic mass is 10.2. The van der Waals surface area contributed by atoms with Crippen LogP contribution in [0.4, 0.5) is 15.8 Å². The highest BCUT2D eigenvalue weighted by Crippen LogP contribution is 2.23. The van der Waals surface area contributed by atoms with Gasteiger partial charge in [-0.05, 0) is 61.0 Å². The summed E-state index contributed by atoms with van der Waals surface area (Å²) < 4.78 is 46.1. The highest BCUT2D eigenvalue weighted by molar-refractivity contribution is 7.92. The van der Waals surface area contributed by atoms with E-state index in [1.54, 1.807) is 18.2 Å². The molecule has 156 valence electrons. The number of carbonyl (C=O) groups excluding carboxylic acids is 1. The van der Waals surface area contributed by atoms with Crippen molar-refractivity contribution in [3.63, 3.8) is 0 Å². The van der Waals surface area contributed by atoms with Crippen molar-refractivity contribution in [2.75, 3.05) is 16.6 Å². The Morgan fingerprint density at radius 3 is 2.37 bits per heavy atom. The molecule has 2 N–H and O–H groups in total. The van der Waals surface area contributed by atoms with Gasteiger partial charge in [0.05, 0.1) is 10.6 Å². The van der Waals surface area contributed by atoms with Gasteiger partial charge in [-0.3, -0.25) is 9.52 Å². The van der Waals surface area contributed by atoms with Crippen LogP contribution in [0.2, 0.25) is 5.02 Å². The van der Waals surface area contributed by atoms with E-state index in [1.807, 2.05) is 6.92 Å². The van der Waals surface area contributed by atoms with Crippen LogP contribution >= 0.6 is 11.6 Å². The summed E-state index contributed by atoms with van der Waals surface area (Å²) in [7, 11) is -3.83. The van der Waals surface area contributed by atoms with E-state index in [0.29, 0.717) is 16.4 Å². The van der Waals surface area contributed by atoms with E-state index in [2.05, 4.69) is 10.0 Å². The zero-order valence-electron chi connectivity index (χ0n) is 15.9. The average Bonchev–Trinajstić information content (AvgIpc) is 2.70. The minimum absolute atomic E-state index is 0.0137. The molecule has 0 unspecified atom stereocenters. The van der Waals surface area contributed by atoms with E-state index >= 15 is 0 Å². The Balaban J connectivity index is 1.61. The van der Waals surface area contributed by atoms with E-state index in [-0.39, 0.29) is 10.6 Å². The van der Waals surface area contributed by atoms with Crippen LogP contribution in [0.15, 0.2) is 71.6 Å². The maximum absolute atomic E-state index is 13.5. The van der Waals surface area contributed by atoms with Crippen LogP contribution < -0.4 is 14.8 Å². The minimum atomic E-state index is -3.83. The number of ether oxygens (including phenoxy) is 1. The van der Waals surface area contributed by atoms with E-state index in [4.69, 9.17) is 16.3 Å². The number of para-hydroxylation sites is 1. The molecule has 0 radical (unpaired) electrons. The summed E-state index contributed by atoms with van der Waals surface area (Å²) in [5.74, 6) is -1.11. The molecule has 3 aromatic carbocycles. The summed E-state index contributed by atoms with van der Waals surface area (Å²) in [6, 6.07) is 16.2. The molecule has 9 heteroatoms. The maximum Gasteiger partial charge on any atom is 0.262 e. The van der Waals surface area contributed by atoms with Gasteiger partial charge in [0.25, 0.3) is 15.9 Å². The SMILES string of the molecule is Cc1ccc(NS(=O)(=O)c2ccc(NC(=O)COc3ccccc3F)cc2)cc1Cl. The molecule has 0 saturated carbocycles. The van der Waals surface area contributed by atoms with Crippen LogP contribution in [-0.4, -0.2) is 20.9 Å². The van der Waals surface area contributed by atoms with Gasteiger partial charge in [0, 0.05) is 10.7 Å². The molecule has 6 nitrogen and oxygen atoms in total. The van der Waals surface area contributed by atoms with Crippen LogP contribution in [0, 0.1) is 12.7 Å². The number of anilines is 2. The lowest BCUT2D eigenvalue weighted by Gasteiger charge is -2.11. The van der Waals surface area contributed by atoms with E-state index in [9.17, 15) is 17.6 Å². The highest BCUT2D eigenvalue weighted by atomic mass is 35.5. The Morgan fingerprint density at radius 1 is 1.03 bits per heavy atom. The first-order valence-electron chi connectivity index (χ1n) is 8.81. The number of aryl methyl sites for hydroxylation is 1. The molecule has 0 heterocycles. The first kappa shape index (κ1) is 21.6. The van der Waals surface area contributed by atoms with Crippen LogP contribution in [0.3, 0.4) is 0 Å². The van der Waals surface area contributed by atoms with Gasteiger partial charge in [0.2, 0.25) is 0 Å². The number of halogens is 2. The number of sulfonamides is 1. The maximum atomic E-state index is 13.5. The summed E-state index contributed by atoms with van der Waals surface area (Å²) in [4.78, 5) is 12.0. The van der Waals surface area contributed by atoms with Crippen LogP contribution in [0.1, 0.15) is 5.56 Å². The molecule has 0 spiro atoms. The predicted octanol–water partition coefficient (Wildman–Crippen LogP) is 4.61. The molecule has 0 aliphatic heterocycles. The number of hydrogen-bond acceptors (Lipinski definition) is 4. The van der Waals surface area contributed by atoms with Gasteiger partial charge in [-0.1, -0.05) is 29.8 Å². The molecular formula is C21H18ClFN2O4S. The second kappa shape index (κ2) is 9.15. The zero-order valence-corrected chi connectivity index (χ0v) is 17.4. The highest BCUT2D eigenvalue weighted by Gasteiger charge is 2.15. The fraction of sp³-hybridized carbons (Fsp3) is 0.0952. The Bertz CT molecular complexity index is 1170. The molecule has 0 aliphatic carbocycles. The second-order valence-corrected chi connectivity index (χ2v) is 8.45. The molecule has 0 aliphatic rings. The third kappa shape index (κ3) is 5.49. The fourth-order valence-corrected chi connectivity index (χ4v) is 3.72. The summed E-state index contributed by atoms with van der Waals surface area (Å²) in [6.45, 7) is 1.42. The van der Waals surface area contributed by atoms with Crippen molar-refractivity contribution in [1.82, 2.24) is 0 Å². The van der Waals surface area contributed by atoms with E-state index in [0.717, 1.165) is 5.56 Å². The van der Waals surface area contributed by atoms with Crippen molar-refractivity contribution in [2.24, 2.45) is 0 Å². The quantitative estimate of drug-likeness (QED) is 0.553. The zero-order chi connectivity index (χ0) is 21.7. The van der Waals surface area contributed by atoms with Gasteiger partial charge in [-0.15, -0.1) is 0 Å². The smallest absolute Gasteiger partial charge is 0.262 e. The third-order valence-corrected chi connectivity index (χ3v) is 5.87. The fourth-order valence-electron chi connectivity index (χ4n) is 2.49. The predicted molar refractivity (Wildman–Crippen MR) is 114 cm³/mol. The number of rotatable bonds is 7. The van der Waals surface area contributed by atoms with Crippen molar-refractivity contribution >= 4 is 38.9 Å². The average molecular weight is 449 g/mol. The molecule has 0 bridgehead atoms. The van der Waals surface area contributed by atoms with E-state index < -0.39 is 28.4 Å². The second-order valence-electron chi connectivity index (χ2n) is 6.36. The largest absolute Gasteiger partial charge is 0.481 e. The summed E-state index contributed by atoms with van der Waals surface area (Å²) in [5.41, 5.74) is 1.54. The Morgan fingerprint density at radius 2 is 1.70 bits per heavy atom. The Kier molecular flexibility index (Phi) is 6.59. The summed E-state index contributed by atoms with van der Waals surface area (Å²) >= 11 is 6.03. The molecule has 3 aromatic rings. The molecular weight excluding hydrogens is 431 g/mol. The Hall–Kier alpha value is -3.10. The standard InChI is InChI=1S/C21H18ClFN2O4S/c1-14-6-7-16(12-18(14)22)25-30(27,28)17-10-8-15(9-11-17)24-21(26)13-29-20-5-3-2-4-19(20)23/h2-12,25H,13H2,1H3,(H,24,26). The van der Waals surface area contributed by atoms with Crippen molar-refractivity contribution in [3.05, 3.63) is 83.1 Å². The molecule has 3 rings (SSSR count). The van der Waals surface area contributed by atoms with E-state index in [1.165, 1.54) is 48.5 Å². The van der Waals surface area contributed by atoms with Gasteiger partial charge >= 0.3 is 0 Å². The monoisotopic (exact) mass is 448 g/mol. The van der Waals surface area contributed by atoms with Crippen molar-refractivity contribution in [2.45, 2.75) is 11.8 Å². The van der Waals surface area contributed by atoms with Gasteiger partial charge in [-0.25, -0.2) is 12.8 Å².